The van der Waals surface area contributed by atoms with Crippen molar-refractivity contribution in [3.05, 3.63) is 65.4 Å². The largest absolute Gasteiger partial charge is 0.458 e. The molecule has 2 aromatic carbocycles. The SMILES string of the molecule is OC(CSc1ccc(Cl)cc1)c1cc2ccccc2o1. The van der Waals surface area contributed by atoms with E-state index in [1.54, 1.807) is 11.8 Å². The van der Waals surface area contributed by atoms with Crippen LogP contribution in [0.2, 0.25) is 5.02 Å². The van der Waals surface area contributed by atoms with Gasteiger partial charge in [0.1, 0.15) is 17.4 Å². The molecule has 4 heteroatoms. The van der Waals surface area contributed by atoms with Crippen LogP contribution in [-0.2, 0) is 0 Å². The minimum absolute atomic E-state index is 0.543. The molecule has 0 aliphatic heterocycles. The molecule has 20 heavy (non-hydrogen) atoms. The zero-order valence-electron chi connectivity index (χ0n) is 10.6. The van der Waals surface area contributed by atoms with E-state index >= 15 is 0 Å². The maximum absolute atomic E-state index is 10.2. The van der Waals surface area contributed by atoms with Crippen molar-refractivity contribution >= 4 is 34.3 Å². The lowest BCUT2D eigenvalue weighted by Gasteiger charge is -2.07. The standard InChI is InChI=1S/C16H13ClO2S/c17-12-5-7-13(8-6-12)20-10-14(18)16-9-11-3-1-2-4-15(11)19-16/h1-9,14,18H,10H2. The molecule has 1 aromatic heterocycles. The molecule has 0 aliphatic carbocycles. The van der Waals surface area contributed by atoms with E-state index in [1.807, 2.05) is 54.6 Å². The van der Waals surface area contributed by atoms with Gasteiger partial charge < -0.3 is 9.52 Å². The molecule has 0 bridgehead atoms. The fraction of sp³-hybridized carbons (Fsp3) is 0.125. The second kappa shape index (κ2) is 5.92. The second-order valence-corrected chi connectivity index (χ2v) is 6.00. The van der Waals surface area contributed by atoms with Crippen LogP contribution >= 0.6 is 23.4 Å². The van der Waals surface area contributed by atoms with Crippen LogP contribution in [0.3, 0.4) is 0 Å². The van der Waals surface area contributed by atoms with Gasteiger partial charge in [0.25, 0.3) is 0 Å². The summed E-state index contributed by atoms with van der Waals surface area (Å²) in [6, 6.07) is 17.2. The van der Waals surface area contributed by atoms with Crippen LogP contribution in [0, 0.1) is 0 Å². The van der Waals surface area contributed by atoms with E-state index < -0.39 is 6.10 Å². The molecule has 0 radical (unpaired) electrons. The summed E-state index contributed by atoms with van der Waals surface area (Å²) in [5.74, 6) is 1.15. The van der Waals surface area contributed by atoms with Crippen molar-refractivity contribution in [3.63, 3.8) is 0 Å². The van der Waals surface area contributed by atoms with Crippen molar-refractivity contribution in [2.24, 2.45) is 0 Å². The summed E-state index contributed by atoms with van der Waals surface area (Å²) >= 11 is 7.42. The number of thioether (sulfide) groups is 1. The lowest BCUT2D eigenvalue weighted by molar-refractivity contribution is 0.177. The van der Waals surface area contributed by atoms with Gasteiger partial charge in [-0.2, -0.15) is 0 Å². The third kappa shape index (κ3) is 3.01. The lowest BCUT2D eigenvalue weighted by atomic mass is 10.2. The maximum atomic E-state index is 10.2. The zero-order valence-corrected chi connectivity index (χ0v) is 12.2. The van der Waals surface area contributed by atoms with Crippen LogP contribution in [0.5, 0.6) is 0 Å². The van der Waals surface area contributed by atoms with Gasteiger partial charge in [-0.05, 0) is 36.4 Å². The van der Waals surface area contributed by atoms with Gasteiger partial charge in [0.05, 0.1) is 0 Å². The van der Waals surface area contributed by atoms with Crippen molar-refractivity contribution in [2.75, 3.05) is 5.75 Å². The Kier molecular flexibility index (Phi) is 4.01. The van der Waals surface area contributed by atoms with Gasteiger partial charge >= 0.3 is 0 Å². The van der Waals surface area contributed by atoms with Gasteiger partial charge in [-0.25, -0.2) is 0 Å². The first-order valence-corrected chi connectivity index (χ1v) is 7.63. The van der Waals surface area contributed by atoms with E-state index in [9.17, 15) is 5.11 Å². The molecule has 1 heterocycles. The highest BCUT2D eigenvalue weighted by Crippen LogP contribution is 2.29. The van der Waals surface area contributed by atoms with Gasteiger partial charge in [-0.15, -0.1) is 11.8 Å². The predicted molar refractivity (Wildman–Crippen MR) is 83.3 cm³/mol. The van der Waals surface area contributed by atoms with Crippen LogP contribution in [-0.4, -0.2) is 10.9 Å². The Hall–Kier alpha value is -1.42. The summed E-state index contributed by atoms with van der Waals surface area (Å²) in [6.07, 6.45) is -0.622. The maximum Gasteiger partial charge on any atom is 0.134 e. The van der Waals surface area contributed by atoms with Gasteiger partial charge in [0.2, 0.25) is 0 Å². The molecule has 2 nitrogen and oxygen atoms in total. The van der Waals surface area contributed by atoms with Crippen LogP contribution in [0.4, 0.5) is 0 Å². The molecular weight excluding hydrogens is 292 g/mol. The van der Waals surface area contributed by atoms with Crippen molar-refractivity contribution in [2.45, 2.75) is 11.0 Å². The van der Waals surface area contributed by atoms with Gasteiger partial charge in [0, 0.05) is 21.1 Å². The number of fused-ring (bicyclic) bond motifs is 1. The first-order valence-electron chi connectivity index (χ1n) is 6.27. The highest BCUT2D eigenvalue weighted by molar-refractivity contribution is 7.99. The number of para-hydroxylation sites is 1. The summed E-state index contributed by atoms with van der Waals surface area (Å²) in [5, 5.41) is 11.9. The zero-order chi connectivity index (χ0) is 13.9. The predicted octanol–water partition coefficient (Wildman–Crippen LogP) is 4.91. The molecule has 0 fully saturated rings. The highest BCUT2D eigenvalue weighted by atomic mass is 35.5. The molecule has 1 N–H and O–H groups in total. The van der Waals surface area contributed by atoms with Crippen molar-refractivity contribution < 1.29 is 9.52 Å². The van der Waals surface area contributed by atoms with Gasteiger partial charge in [-0.3, -0.25) is 0 Å². The number of hydrogen-bond donors (Lipinski definition) is 1. The summed E-state index contributed by atoms with van der Waals surface area (Å²) in [7, 11) is 0. The first kappa shape index (κ1) is 13.6. The van der Waals surface area contributed by atoms with E-state index in [0.717, 1.165) is 15.9 Å². The minimum atomic E-state index is -0.622. The fourth-order valence-corrected chi connectivity index (χ4v) is 2.92. The molecule has 3 aromatic rings. The second-order valence-electron chi connectivity index (χ2n) is 4.47. The molecule has 0 aliphatic rings. The molecule has 0 saturated heterocycles. The third-order valence-corrected chi connectivity index (χ3v) is 4.33. The van der Waals surface area contributed by atoms with Crippen molar-refractivity contribution in [1.82, 2.24) is 0 Å². The Labute approximate surface area is 126 Å². The molecule has 1 atom stereocenters. The van der Waals surface area contributed by atoms with Crippen LogP contribution < -0.4 is 0 Å². The van der Waals surface area contributed by atoms with E-state index in [1.165, 1.54) is 0 Å². The van der Waals surface area contributed by atoms with E-state index in [-0.39, 0.29) is 0 Å². The Balaban J connectivity index is 1.69. The number of furan rings is 1. The first-order chi connectivity index (χ1) is 9.72. The Morgan fingerprint density at radius 3 is 2.60 bits per heavy atom. The topological polar surface area (TPSA) is 33.4 Å². The number of benzene rings is 2. The van der Waals surface area contributed by atoms with Gasteiger partial charge in [0.15, 0.2) is 0 Å². The summed E-state index contributed by atoms with van der Waals surface area (Å²) in [4.78, 5) is 1.07. The van der Waals surface area contributed by atoms with E-state index in [4.69, 9.17) is 16.0 Å². The molecule has 102 valence electrons. The van der Waals surface area contributed by atoms with E-state index in [2.05, 4.69) is 0 Å². The number of hydrogen-bond acceptors (Lipinski definition) is 3. The smallest absolute Gasteiger partial charge is 0.134 e. The van der Waals surface area contributed by atoms with Crippen LogP contribution in [0.1, 0.15) is 11.9 Å². The van der Waals surface area contributed by atoms with Crippen molar-refractivity contribution in [3.8, 4) is 0 Å². The average Bonchev–Trinajstić information content (AvgIpc) is 2.90. The molecule has 0 saturated carbocycles. The molecule has 3 rings (SSSR count). The molecule has 0 amide bonds. The summed E-state index contributed by atoms with van der Waals surface area (Å²) in [5.41, 5.74) is 0.804. The number of rotatable bonds is 4. The lowest BCUT2D eigenvalue weighted by Crippen LogP contribution is -1.98. The Morgan fingerprint density at radius 1 is 1.10 bits per heavy atom. The van der Waals surface area contributed by atoms with Crippen LogP contribution in [0.15, 0.2) is 63.9 Å². The monoisotopic (exact) mass is 304 g/mol. The molecule has 0 spiro atoms. The van der Waals surface area contributed by atoms with Gasteiger partial charge in [-0.1, -0.05) is 29.8 Å². The molecular formula is C16H13ClO2S. The Bertz CT molecular complexity index is 673. The van der Waals surface area contributed by atoms with E-state index in [0.29, 0.717) is 16.5 Å². The summed E-state index contributed by atoms with van der Waals surface area (Å²) in [6.45, 7) is 0. The quantitative estimate of drug-likeness (QED) is 0.695. The fourth-order valence-electron chi connectivity index (χ4n) is 1.95. The molecule has 1 unspecified atom stereocenters. The average molecular weight is 305 g/mol. The number of aliphatic hydroxyl groups is 1. The summed E-state index contributed by atoms with van der Waals surface area (Å²) < 4.78 is 5.65. The number of halogens is 1. The third-order valence-electron chi connectivity index (χ3n) is 2.99. The Morgan fingerprint density at radius 2 is 1.85 bits per heavy atom. The highest BCUT2D eigenvalue weighted by Gasteiger charge is 2.13. The van der Waals surface area contributed by atoms with Crippen molar-refractivity contribution in [1.29, 1.82) is 0 Å². The number of aliphatic hydroxyl groups excluding tert-OH is 1. The minimum Gasteiger partial charge on any atom is -0.458 e. The normalized spacial score (nSPS) is 12.7. The van der Waals surface area contributed by atoms with Crippen LogP contribution in [0.25, 0.3) is 11.0 Å².